The fraction of sp³-hybridized carbons (Fsp3) is 0.238. The number of aromatic nitrogens is 1. The van der Waals surface area contributed by atoms with Crippen molar-refractivity contribution >= 4 is 28.3 Å². The van der Waals surface area contributed by atoms with E-state index in [1.54, 1.807) is 24.3 Å². The maximum Gasteiger partial charge on any atom is 0.416 e. The first kappa shape index (κ1) is 19.7. The number of fused-ring (bicyclic) bond motifs is 1. The minimum Gasteiger partial charge on any atom is -0.352 e. The summed E-state index contributed by atoms with van der Waals surface area (Å²) in [6, 6.07) is 13.6. The van der Waals surface area contributed by atoms with E-state index in [9.17, 15) is 18.0 Å². The molecule has 0 saturated carbocycles. The average molecular weight is 387 g/mol. The van der Waals surface area contributed by atoms with Crippen molar-refractivity contribution in [2.75, 3.05) is 11.9 Å². The molecule has 4 nitrogen and oxygen atoms in total. The van der Waals surface area contributed by atoms with Gasteiger partial charge in [0.1, 0.15) is 5.82 Å². The SMILES string of the molecule is CCCCNC(=O)c1cc(Nc2cccc(C(F)(F)F)c2)nc2ccccc12. The smallest absolute Gasteiger partial charge is 0.352 e. The van der Waals surface area contributed by atoms with Crippen molar-refractivity contribution in [3.05, 3.63) is 65.7 Å². The highest BCUT2D eigenvalue weighted by Gasteiger charge is 2.30. The van der Waals surface area contributed by atoms with Crippen molar-refractivity contribution < 1.29 is 18.0 Å². The molecule has 7 heteroatoms. The van der Waals surface area contributed by atoms with Gasteiger partial charge in [-0.3, -0.25) is 4.79 Å². The van der Waals surface area contributed by atoms with Gasteiger partial charge in [-0.15, -0.1) is 0 Å². The van der Waals surface area contributed by atoms with Gasteiger partial charge in [-0.2, -0.15) is 13.2 Å². The third-order valence-corrected chi connectivity index (χ3v) is 4.24. The Kier molecular flexibility index (Phi) is 5.82. The number of halogens is 3. The number of carbonyl (C=O) groups is 1. The zero-order valence-corrected chi connectivity index (χ0v) is 15.3. The second-order valence-corrected chi connectivity index (χ2v) is 6.39. The summed E-state index contributed by atoms with van der Waals surface area (Å²) in [6.45, 7) is 2.59. The molecule has 0 spiro atoms. The first-order chi connectivity index (χ1) is 13.4. The van der Waals surface area contributed by atoms with E-state index in [1.807, 2.05) is 13.0 Å². The molecule has 0 aliphatic heterocycles. The summed E-state index contributed by atoms with van der Waals surface area (Å²) in [6.07, 6.45) is -2.61. The van der Waals surface area contributed by atoms with Gasteiger partial charge in [0.15, 0.2) is 0 Å². The number of nitrogens with zero attached hydrogens (tertiary/aromatic N) is 1. The molecule has 0 atom stereocenters. The Morgan fingerprint density at radius 3 is 2.61 bits per heavy atom. The van der Waals surface area contributed by atoms with Gasteiger partial charge >= 0.3 is 6.18 Å². The lowest BCUT2D eigenvalue weighted by molar-refractivity contribution is -0.137. The fourth-order valence-electron chi connectivity index (χ4n) is 2.82. The lowest BCUT2D eigenvalue weighted by atomic mass is 10.1. The van der Waals surface area contributed by atoms with Crippen LogP contribution in [-0.4, -0.2) is 17.4 Å². The minimum atomic E-state index is -4.43. The van der Waals surface area contributed by atoms with Gasteiger partial charge in [-0.25, -0.2) is 4.98 Å². The molecule has 3 rings (SSSR count). The van der Waals surface area contributed by atoms with Crippen LogP contribution in [0.25, 0.3) is 10.9 Å². The van der Waals surface area contributed by atoms with E-state index in [2.05, 4.69) is 15.6 Å². The molecule has 1 heterocycles. The van der Waals surface area contributed by atoms with Crippen LogP contribution in [0.2, 0.25) is 0 Å². The summed E-state index contributed by atoms with van der Waals surface area (Å²) in [7, 11) is 0. The number of alkyl halides is 3. The first-order valence-electron chi connectivity index (χ1n) is 9.01. The molecular formula is C21H20F3N3O. The van der Waals surface area contributed by atoms with Gasteiger partial charge in [0.25, 0.3) is 5.91 Å². The third-order valence-electron chi connectivity index (χ3n) is 4.24. The molecule has 28 heavy (non-hydrogen) atoms. The fourth-order valence-corrected chi connectivity index (χ4v) is 2.82. The van der Waals surface area contributed by atoms with Crippen LogP contribution in [0.15, 0.2) is 54.6 Å². The molecule has 0 saturated heterocycles. The zero-order valence-electron chi connectivity index (χ0n) is 15.3. The maximum absolute atomic E-state index is 12.9. The van der Waals surface area contributed by atoms with E-state index in [0.29, 0.717) is 28.8 Å². The highest BCUT2D eigenvalue weighted by Crippen LogP contribution is 2.31. The van der Waals surface area contributed by atoms with Crippen LogP contribution in [0.1, 0.15) is 35.7 Å². The van der Waals surface area contributed by atoms with E-state index >= 15 is 0 Å². The highest BCUT2D eigenvalue weighted by molar-refractivity contribution is 6.07. The van der Waals surface area contributed by atoms with Crippen LogP contribution in [0.5, 0.6) is 0 Å². The molecule has 0 aliphatic carbocycles. The van der Waals surface area contributed by atoms with Crippen molar-refractivity contribution in [3.63, 3.8) is 0 Å². The predicted octanol–water partition coefficient (Wildman–Crippen LogP) is 5.53. The van der Waals surface area contributed by atoms with Crippen molar-refractivity contribution in [1.82, 2.24) is 10.3 Å². The molecular weight excluding hydrogens is 367 g/mol. The molecule has 1 amide bonds. The van der Waals surface area contributed by atoms with Gasteiger partial charge in [-0.05, 0) is 36.8 Å². The molecule has 1 aromatic heterocycles. The van der Waals surface area contributed by atoms with Crippen molar-refractivity contribution in [2.45, 2.75) is 25.9 Å². The van der Waals surface area contributed by atoms with Crippen LogP contribution in [0.3, 0.4) is 0 Å². The van der Waals surface area contributed by atoms with Gasteiger partial charge in [-0.1, -0.05) is 37.6 Å². The van der Waals surface area contributed by atoms with Crippen LogP contribution < -0.4 is 10.6 Å². The van der Waals surface area contributed by atoms with Crippen LogP contribution in [-0.2, 0) is 6.18 Å². The molecule has 3 aromatic rings. The molecule has 2 aromatic carbocycles. The number of nitrogens with one attached hydrogen (secondary N) is 2. The van der Waals surface area contributed by atoms with Crippen molar-refractivity contribution in [2.24, 2.45) is 0 Å². The van der Waals surface area contributed by atoms with Crippen LogP contribution >= 0.6 is 0 Å². The Morgan fingerprint density at radius 1 is 1.07 bits per heavy atom. The molecule has 146 valence electrons. The maximum atomic E-state index is 12.9. The van der Waals surface area contributed by atoms with Gasteiger partial charge in [0, 0.05) is 17.6 Å². The molecule has 0 unspecified atom stereocenters. The Bertz CT molecular complexity index is 986. The van der Waals surface area contributed by atoms with Crippen molar-refractivity contribution in [1.29, 1.82) is 0 Å². The average Bonchev–Trinajstić information content (AvgIpc) is 2.67. The molecule has 2 N–H and O–H groups in total. The van der Waals surface area contributed by atoms with E-state index in [0.717, 1.165) is 25.0 Å². The molecule has 0 radical (unpaired) electrons. The first-order valence-corrected chi connectivity index (χ1v) is 9.01. The lowest BCUT2D eigenvalue weighted by Gasteiger charge is -2.13. The minimum absolute atomic E-state index is 0.237. The number of anilines is 2. The number of hydrogen-bond acceptors (Lipinski definition) is 3. The number of pyridine rings is 1. The number of rotatable bonds is 6. The number of amides is 1. The summed E-state index contributed by atoms with van der Waals surface area (Å²) >= 11 is 0. The second kappa shape index (κ2) is 8.29. The number of para-hydroxylation sites is 1. The Morgan fingerprint density at radius 2 is 1.86 bits per heavy atom. The topological polar surface area (TPSA) is 54.0 Å². The largest absolute Gasteiger partial charge is 0.416 e. The third kappa shape index (κ3) is 4.60. The number of unbranched alkanes of at least 4 members (excludes halogenated alkanes) is 1. The van der Waals surface area contributed by atoms with E-state index in [4.69, 9.17) is 0 Å². The van der Waals surface area contributed by atoms with Gasteiger partial charge in [0.05, 0.1) is 16.6 Å². The number of hydrogen-bond donors (Lipinski definition) is 2. The van der Waals surface area contributed by atoms with E-state index in [-0.39, 0.29) is 11.6 Å². The zero-order chi connectivity index (χ0) is 20.1. The van der Waals surface area contributed by atoms with Crippen LogP contribution in [0, 0.1) is 0 Å². The van der Waals surface area contributed by atoms with Crippen LogP contribution in [0.4, 0.5) is 24.7 Å². The highest BCUT2D eigenvalue weighted by atomic mass is 19.4. The summed E-state index contributed by atoms with van der Waals surface area (Å²) < 4.78 is 38.8. The molecule has 0 fully saturated rings. The molecule has 0 bridgehead atoms. The lowest BCUT2D eigenvalue weighted by Crippen LogP contribution is -2.24. The van der Waals surface area contributed by atoms with E-state index < -0.39 is 11.7 Å². The summed E-state index contributed by atoms with van der Waals surface area (Å²) in [4.78, 5) is 17.0. The number of benzene rings is 2. The number of carbonyl (C=O) groups excluding carboxylic acids is 1. The summed E-state index contributed by atoms with van der Waals surface area (Å²) in [5.41, 5.74) is 0.502. The summed E-state index contributed by atoms with van der Waals surface area (Å²) in [5.74, 6) is 0.0674. The Balaban J connectivity index is 1.95. The van der Waals surface area contributed by atoms with Gasteiger partial charge < -0.3 is 10.6 Å². The van der Waals surface area contributed by atoms with E-state index in [1.165, 1.54) is 12.1 Å². The van der Waals surface area contributed by atoms with Gasteiger partial charge in [0.2, 0.25) is 0 Å². The monoisotopic (exact) mass is 387 g/mol. The second-order valence-electron chi connectivity index (χ2n) is 6.39. The quantitative estimate of drug-likeness (QED) is 0.547. The predicted molar refractivity (Wildman–Crippen MR) is 104 cm³/mol. The standard InChI is InChI=1S/C21H20F3N3O/c1-2-3-11-25-20(28)17-13-19(27-18-10-5-4-9-16(17)18)26-15-8-6-7-14(12-15)21(22,23)24/h4-10,12-13H,2-3,11H2,1H3,(H,25,28)(H,26,27). The summed E-state index contributed by atoms with van der Waals surface area (Å²) in [5, 5.41) is 6.44. The molecule has 0 aliphatic rings. The Labute approximate surface area is 160 Å². The normalized spacial score (nSPS) is 11.4. The Hall–Kier alpha value is -3.09. The van der Waals surface area contributed by atoms with Crippen molar-refractivity contribution in [3.8, 4) is 0 Å².